The molecule has 1 atom stereocenters. The van der Waals surface area contributed by atoms with Crippen molar-refractivity contribution in [1.29, 1.82) is 0 Å². The second-order valence-corrected chi connectivity index (χ2v) is 4.31. The average molecular weight is 277 g/mol. The lowest BCUT2D eigenvalue weighted by molar-refractivity contribution is 0.0625. The molecule has 2 rings (SSSR count). The number of nitrogen functional groups attached to an aromatic ring is 1. The van der Waals surface area contributed by atoms with Crippen molar-refractivity contribution in [3.8, 4) is 11.5 Å². The minimum Gasteiger partial charge on any atom is -0.491 e. The number of halogens is 1. The van der Waals surface area contributed by atoms with Crippen molar-refractivity contribution in [3.05, 3.63) is 54.3 Å². The molecular formula is C15H16FNO3. The van der Waals surface area contributed by atoms with E-state index >= 15 is 0 Å². The summed E-state index contributed by atoms with van der Waals surface area (Å²) in [5.74, 6) is 0.566. The maximum Gasteiger partial charge on any atom is 0.126 e. The van der Waals surface area contributed by atoms with Crippen molar-refractivity contribution >= 4 is 5.69 Å². The lowest BCUT2D eigenvalue weighted by atomic mass is 10.3. The summed E-state index contributed by atoms with van der Waals surface area (Å²) < 4.78 is 23.6. The van der Waals surface area contributed by atoms with Gasteiger partial charge in [0.05, 0.1) is 0 Å². The summed E-state index contributed by atoms with van der Waals surface area (Å²) >= 11 is 0. The van der Waals surface area contributed by atoms with Crippen LogP contribution in [-0.2, 0) is 0 Å². The van der Waals surface area contributed by atoms with Gasteiger partial charge in [-0.15, -0.1) is 0 Å². The van der Waals surface area contributed by atoms with Crippen LogP contribution < -0.4 is 15.2 Å². The molecule has 0 aliphatic rings. The molecule has 4 nitrogen and oxygen atoms in total. The molecule has 5 heteroatoms. The molecule has 0 radical (unpaired) electrons. The first-order valence-electron chi connectivity index (χ1n) is 6.18. The number of hydrogen-bond acceptors (Lipinski definition) is 4. The summed E-state index contributed by atoms with van der Waals surface area (Å²) in [5, 5.41) is 9.74. The van der Waals surface area contributed by atoms with Crippen molar-refractivity contribution in [2.24, 2.45) is 0 Å². The number of benzene rings is 2. The predicted molar refractivity (Wildman–Crippen MR) is 74.3 cm³/mol. The van der Waals surface area contributed by atoms with Gasteiger partial charge in [-0.25, -0.2) is 4.39 Å². The maximum absolute atomic E-state index is 12.9. The van der Waals surface area contributed by atoms with E-state index in [0.717, 1.165) is 0 Å². The zero-order valence-electron chi connectivity index (χ0n) is 10.8. The summed E-state index contributed by atoms with van der Waals surface area (Å²) in [5.41, 5.74) is 6.20. The van der Waals surface area contributed by atoms with Crippen molar-refractivity contribution in [2.45, 2.75) is 6.10 Å². The second kappa shape index (κ2) is 6.77. The Hall–Kier alpha value is -2.27. The molecule has 0 amide bonds. The quantitative estimate of drug-likeness (QED) is 0.795. The van der Waals surface area contributed by atoms with E-state index in [2.05, 4.69) is 0 Å². The van der Waals surface area contributed by atoms with Crippen LogP contribution in [0, 0.1) is 5.82 Å². The third-order valence-corrected chi connectivity index (χ3v) is 2.54. The first kappa shape index (κ1) is 14.1. The van der Waals surface area contributed by atoms with E-state index in [1.165, 1.54) is 12.1 Å². The van der Waals surface area contributed by atoms with E-state index in [4.69, 9.17) is 15.2 Å². The zero-order valence-corrected chi connectivity index (χ0v) is 10.8. The Morgan fingerprint density at radius 1 is 1.00 bits per heavy atom. The van der Waals surface area contributed by atoms with E-state index in [9.17, 15) is 9.50 Å². The number of hydrogen-bond donors (Lipinski definition) is 2. The number of nitrogens with two attached hydrogens (primary N) is 1. The Morgan fingerprint density at radius 2 is 1.60 bits per heavy atom. The molecule has 0 saturated carbocycles. The molecular weight excluding hydrogens is 261 g/mol. The van der Waals surface area contributed by atoms with Crippen LogP contribution in [-0.4, -0.2) is 24.4 Å². The van der Waals surface area contributed by atoms with Crippen LogP contribution in [0.25, 0.3) is 0 Å². The third kappa shape index (κ3) is 4.44. The maximum atomic E-state index is 12.9. The van der Waals surface area contributed by atoms with Crippen molar-refractivity contribution < 1.29 is 19.0 Å². The van der Waals surface area contributed by atoms with E-state index in [1.807, 2.05) is 0 Å². The van der Waals surface area contributed by atoms with Crippen LogP contribution in [0.4, 0.5) is 10.1 Å². The van der Waals surface area contributed by atoms with Crippen LogP contribution >= 0.6 is 0 Å². The standard InChI is InChI=1S/C15H16FNO3/c16-11-3-1-5-14(7-11)19-9-13(18)10-20-15-6-2-4-12(17)8-15/h1-8,13,18H,9-10,17H2. The van der Waals surface area contributed by atoms with Crippen LogP contribution in [0.3, 0.4) is 0 Å². The van der Waals surface area contributed by atoms with E-state index in [-0.39, 0.29) is 19.0 Å². The van der Waals surface area contributed by atoms with Gasteiger partial charge < -0.3 is 20.3 Å². The fourth-order valence-corrected chi connectivity index (χ4v) is 1.59. The molecule has 20 heavy (non-hydrogen) atoms. The first-order chi connectivity index (χ1) is 9.63. The molecule has 2 aromatic rings. The molecule has 106 valence electrons. The highest BCUT2D eigenvalue weighted by molar-refractivity contribution is 5.43. The minimum atomic E-state index is -0.820. The van der Waals surface area contributed by atoms with Crippen LogP contribution in [0.1, 0.15) is 0 Å². The van der Waals surface area contributed by atoms with Crippen molar-refractivity contribution in [2.75, 3.05) is 18.9 Å². The predicted octanol–water partition coefficient (Wildman–Crippen LogP) is 2.23. The molecule has 0 aliphatic heterocycles. The molecule has 0 heterocycles. The SMILES string of the molecule is Nc1cccc(OCC(O)COc2cccc(F)c2)c1. The number of aliphatic hydroxyl groups is 1. The molecule has 1 unspecified atom stereocenters. The number of rotatable bonds is 6. The summed E-state index contributed by atoms with van der Waals surface area (Å²) in [6, 6.07) is 12.7. The highest BCUT2D eigenvalue weighted by atomic mass is 19.1. The highest BCUT2D eigenvalue weighted by Gasteiger charge is 2.07. The van der Waals surface area contributed by atoms with Gasteiger partial charge >= 0.3 is 0 Å². The molecule has 0 fully saturated rings. The Labute approximate surface area is 116 Å². The molecule has 0 aliphatic carbocycles. The second-order valence-electron chi connectivity index (χ2n) is 4.31. The van der Waals surface area contributed by atoms with Gasteiger partial charge in [0.2, 0.25) is 0 Å². The van der Waals surface area contributed by atoms with Gasteiger partial charge in [-0.3, -0.25) is 0 Å². The van der Waals surface area contributed by atoms with Gasteiger partial charge in [0.15, 0.2) is 0 Å². The van der Waals surface area contributed by atoms with Gasteiger partial charge in [0.1, 0.15) is 36.6 Å². The fraction of sp³-hybridized carbons (Fsp3) is 0.200. The smallest absolute Gasteiger partial charge is 0.126 e. The molecule has 0 spiro atoms. The van der Waals surface area contributed by atoms with Crippen LogP contribution in [0.5, 0.6) is 11.5 Å². The average Bonchev–Trinajstić information content (AvgIpc) is 2.43. The summed E-state index contributed by atoms with van der Waals surface area (Å²) in [6.07, 6.45) is -0.820. The van der Waals surface area contributed by atoms with Gasteiger partial charge in [-0.05, 0) is 24.3 Å². The molecule has 0 aromatic heterocycles. The summed E-state index contributed by atoms with van der Waals surface area (Å²) in [7, 11) is 0. The fourth-order valence-electron chi connectivity index (χ4n) is 1.59. The van der Waals surface area contributed by atoms with Crippen molar-refractivity contribution in [3.63, 3.8) is 0 Å². The van der Waals surface area contributed by atoms with E-state index in [1.54, 1.807) is 36.4 Å². The monoisotopic (exact) mass is 277 g/mol. The van der Waals surface area contributed by atoms with Crippen LogP contribution in [0.2, 0.25) is 0 Å². The number of ether oxygens (including phenoxy) is 2. The number of anilines is 1. The van der Waals surface area contributed by atoms with E-state index < -0.39 is 6.10 Å². The molecule has 2 aromatic carbocycles. The van der Waals surface area contributed by atoms with Gasteiger partial charge in [0, 0.05) is 17.8 Å². The first-order valence-corrected chi connectivity index (χ1v) is 6.18. The van der Waals surface area contributed by atoms with Crippen LogP contribution in [0.15, 0.2) is 48.5 Å². The Bertz CT molecular complexity index is 513. The normalized spacial score (nSPS) is 11.9. The summed E-state index contributed by atoms with van der Waals surface area (Å²) in [6.45, 7) is 0.0878. The largest absolute Gasteiger partial charge is 0.491 e. The lowest BCUT2D eigenvalue weighted by Crippen LogP contribution is -2.25. The van der Waals surface area contributed by atoms with E-state index in [0.29, 0.717) is 17.2 Å². The Kier molecular flexibility index (Phi) is 4.79. The molecule has 3 N–H and O–H groups in total. The Morgan fingerprint density at radius 3 is 2.20 bits per heavy atom. The Balaban J connectivity index is 1.77. The lowest BCUT2D eigenvalue weighted by Gasteiger charge is -2.13. The zero-order chi connectivity index (χ0) is 14.4. The van der Waals surface area contributed by atoms with Gasteiger partial charge in [0.25, 0.3) is 0 Å². The highest BCUT2D eigenvalue weighted by Crippen LogP contribution is 2.15. The molecule has 0 bridgehead atoms. The topological polar surface area (TPSA) is 64.7 Å². The minimum absolute atomic E-state index is 0.0196. The van der Waals surface area contributed by atoms with Gasteiger partial charge in [-0.2, -0.15) is 0 Å². The third-order valence-electron chi connectivity index (χ3n) is 2.54. The summed E-state index contributed by atoms with van der Waals surface area (Å²) in [4.78, 5) is 0. The van der Waals surface area contributed by atoms with Crippen molar-refractivity contribution in [1.82, 2.24) is 0 Å². The van der Waals surface area contributed by atoms with Gasteiger partial charge in [-0.1, -0.05) is 12.1 Å². The number of aliphatic hydroxyl groups excluding tert-OH is 1. The molecule has 0 saturated heterocycles.